The lowest BCUT2D eigenvalue weighted by Gasteiger charge is -2.14. The van der Waals surface area contributed by atoms with Crippen molar-refractivity contribution in [3.05, 3.63) is 53.4 Å². The molecule has 2 aromatic rings. The normalized spacial score (nSPS) is 12.0. The van der Waals surface area contributed by atoms with Crippen molar-refractivity contribution in [3.8, 4) is 11.9 Å². The third-order valence-corrected chi connectivity index (χ3v) is 3.53. The maximum absolute atomic E-state index is 13.1. The monoisotopic (exact) mass is 412 g/mol. The quantitative estimate of drug-likeness (QED) is 0.419. The van der Waals surface area contributed by atoms with Gasteiger partial charge >= 0.3 is 18.2 Å². The van der Waals surface area contributed by atoms with Crippen LogP contribution in [0.5, 0.6) is 11.9 Å². The number of nitrogens with zero attached hydrogens (tertiary/aromatic N) is 2. The molecule has 1 aromatic heterocycles. The summed E-state index contributed by atoms with van der Waals surface area (Å²) in [5.74, 6) is -1.14. The summed E-state index contributed by atoms with van der Waals surface area (Å²) in [4.78, 5) is 19.0. The molecule has 0 atom stereocenters. The number of aromatic nitrogens is 2. The second-order valence-electron chi connectivity index (χ2n) is 6.02. The zero-order valence-corrected chi connectivity index (χ0v) is 15.9. The number of hydrogen-bond donors (Lipinski definition) is 1. The van der Waals surface area contributed by atoms with E-state index in [-0.39, 0.29) is 18.1 Å². The zero-order valence-electron chi connectivity index (χ0n) is 15.9. The Labute approximate surface area is 164 Å². The predicted octanol–water partition coefficient (Wildman–Crippen LogP) is 3.93. The lowest BCUT2D eigenvalue weighted by Crippen LogP contribution is -2.14. The van der Waals surface area contributed by atoms with Crippen LogP contribution in [-0.2, 0) is 22.3 Å². The molecule has 0 aliphatic heterocycles. The number of halogens is 3. The van der Waals surface area contributed by atoms with E-state index in [0.717, 1.165) is 7.11 Å². The number of carbonyl (C=O) groups is 1. The first-order valence-electron chi connectivity index (χ1n) is 8.42. The molecule has 0 bridgehead atoms. The van der Waals surface area contributed by atoms with Crippen LogP contribution < -0.4 is 9.47 Å². The molecule has 0 spiro atoms. The molecular weight excluding hydrogens is 393 g/mol. The molecule has 1 N–H and O–H groups in total. The molecule has 0 aliphatic carbocycles. The Balaban J connectivity index is 2.34. The Morgan fingerprint density at radius 1 is 1.24 bits per heavy atom. The van der Waals surface area contributed by atoms with E-state index in [9.17, 15) is 23.1 Å². The fraction of sp³-hybridized carbons (Fsp3) is 0.316. The van der Waals surface area contributed by atoms with Gasteiger partial charge in [-0.05, 0) is 25.0 Å². The van der Waals surface area contributed by atoms with Crippen molar-refractivity contribution in [2.75, 3.05) is 7.11 Å². The first-order valence-corrected chi connectivity index (χ1v) is 8.42. The molecule has 0 aliphatic rings. The third-order valence-electron chi connectivity index (χ3n) is 3.53. The van der Waals surface area contributed by atoms with Crippen LogP contribution in [0.4, 0.5) is 13.2 Å². The summed E-state index contributed by atoms with van der Waals surface area (Å²) in [6.45, 7) is 3.01. The predicted molar refractivity (Wildman–Crippen MR) is 96.2 cm³/mol. The standard InChI is InChI=1S/C19H19F3N2O5/c1-11(2)29-18-23-15(19(20,21)22)8-16(24-18)28-10-12-6-4-5-7-13(12)14(9-25)17(26)27-3/h4-9,11,25H,10H2,1-3H3. The van der Waals surface area contributed by atoms with Crippen LogP contribution in [0.25, 0.3) is 5.57 Å². The van der Waals surface area contributed by atoms with Gasteiger partial charge in [0.1, 0.15) is 12.2 Å². The van der Waals surface area contributed by atoms with E-state index in [1.165, 1.54) is 6.07 Å². The van der Waals surface area contributed by atoms with Crippen LogP contribution in [0, 0.1) is 0 Å². The molecule has 10 heteroatoms. The first kappa shape index (κ1) is 22.0. The van der Waals surface area contributed by atoms with Gasteiger partial charge in [0, 0.05) is 6.07 Å². The fourth-order valence-corrected chi connectivity index (χ4v) is 2.29. The number of carbonyl (C=O) groups excluding carboxylic acids is 1. The SMILES string of the molecule is COC(=O)C(=CO)c1ccccc1COc1cc(C(F)(F)F)nc(OC(C)C)n1. The summed E-state index contributed by atoms with van der Waals surface area (Å²) >= 11 is 0. The van der Waals surface area contributed by atoms with Gasteiger partial charge in [-0.1, -0.05) is 24.3 Å². The highest BCUT2D eigenvalue weighted by Crippen LogP contribution is 2.31. The number of aliphatic hydroxyl groups excluding tert-OH is 1. The van der Waals surface area contributed by atoms with E-state index in [0.29, 0.717) is 23.5 Å². The minimum Gasteiger partial charge on any atom is -0.515 e. The Kier molecular flexibility index (Phi) is 7.03. The van der Waals surface area contributed by atoms with Gasteiger partial charge in [-0.15, -0.1) is 0 Å². The Hall–Kier alpha value is -3.30. The smallest absolute Gasteiger partial charge is 0.433 e. The number of aliphatic hydroxyl groups is 1. The Morgan fingerprint density at radius 3 is 2.52 bits per heavy atom. The highest BCUT2D eigenvalue weighted by atomic mass is 19.4. The van der Waals surface area contributed by atoms with E-state index >= 15 is 0 Å². The molecular formula is C19H19F3N2O5. The summed E-state index contributed by atoms with van der Waals surface area (Å²) in [6, 6.07) is 6.56. The van der Waals surface area contributed by atoms with Gasteiger partial charge < -0.3 is 19.3 Å². The molecule has 1 aromatic carbocycles. The molecule has 0 amide bonds. The van der Waals surface area contributed by atoms with Gasteiger partial charge in [-0.3, -0.25) is 0 Å². The molecule has 0 fully saturated rings. The number of esters is 1. The minimum atomic E-state index is -4.72. The minimum absolute atomic E-state index is 0.130. The van der Waals surface area contributed by atoms with E-state index in [2.05, 4.69) is 14.7 Å². The third kappa shape index (κ3) is 5.84. The highest BCUT2D eigenvalue weighted by Gasteiger charge is 2.34. The van der Waals surface area contributed by atoms with Crippen LogP contribution in [0.15, 0.2) is 36.6 Å². The first-order chi connectivity index (χ1) is 13.7. The molecule has 0 saturated carbocycles. The Bertz CT molecular complexity index is 898. The van der Waals surface area contributed by atoms with Crippen molar-refractivity contribution < 1.29 is 37.3 Å². The van der Waals surface area contributed by atoms with Crippen LogP contribution in [0.1, 0.15) is 30.7 Å². The van der Waals surface area contributed by atoms with Crippen molar-refractivity contribution in [3.63, 3.8) is 0 Å². The second-order valence-corrected chi connectivity index (χ2v) is 6.02. The van der Waals surface area contributed by atoms with E-state index in [1.807, 2.05) is 0 Å². The van der Waals surface area contributed by atoms with E-state index in [1.54, 1.807) is 32.0 Å². The van der Waals surface area contributed by atoms with E-state index < -0.39 is 30.0 Å². The van der Waals surface area contributed by atoms with Gasteiger partial charge in [0.25, 0.3) is 0 Å². The van der Waals surface area contributed by atoms with Gasteiger partial charge in [0.05, 0.1) is 19.5 Å². The van der Waals surface area contributed by atoms with Gasteiger partial charge in [0.15, 0.2) is 5.69 Å². The zero-order chi connectivity index (χ0) is 21.6. The highest BCUT2D eigenvalue weighted by molar-refractivity contribution is 6.16. The number of alkyl halides is 3. The molecule has 0 radical (unpaired) electrons. The number of benzene rings is 1. The van der Waals surface area contributed by atoms with Gasteiger partial charge in [-0.25, -0.2) is 4.79 Å². The average molecular weight is 412 g/mol. The molecule has 7 nitrogen and oxygen atoms in total. The largest absolute Gasteiger partial charge is 0.515 e. The van der Waals surface area contributed by atoms with Crippen LogP contribution in [0.3, 0.4) is 0 Å². The molecule has 1 heterocycles. The number of rotatable bonds is 7. The lowest BCUT2D eigenvalue weighted by molar-refractivity contribution is -0.141. The molecule has 2 rings (SSSR count). The fourth-order valence-electron chi connectivity index (χ4n) is 2.29. The number of ether oxygens (including phenoxy) is 3. The molecule has 0 saturated heterocycles. The van der Waals surface area contributed by atoms with Crippen molar-refractivity contribution in [2.45, 2.75) is 32.7 Å². The molecule has 29 heavy (non-hydrogen) atoms. The summed E-state index contributed by atoms with van der Waals surface area (Å²) < 4.78 is 54.5. The van der Waals surface area contributed by atoms with E-state index in [4.69, 9.17) is 9.47 Å². The van der Waals surface area contributed by atoms with Gasteiger partial charge in [-0.2, -0.15) is 23.1 Å². The molecule has 0 unspecified atom stereocenters. The number of methoxy groups -OCH3 is 1. The maximum atomic E-state index is 13.1. The average Bonchev–Trinajstić information content (AvgIpc) is 2.66. The topological polar surface area (TPSA) is 90.8 Å². The maximum Gasteiger partial charge on any atom is 0.433 e. The van der Waals surface area contributed by atoms with Crippen molar-refractivity contribution >= 4 is 11.5 Å². The van der Waals surface area contributed by atoms with Crippen LogP contribution in [0.2, 0.25) is 0 Å². The van der Waals surface area contributed by atoms with Crippen molar-refractivity contribution in [1.82, 2.24) is 9.97 Å². The summed E-state index contributed by atoms with van der Waals surface area (Å²) in [6.07, 6.45) is -4.57. The van der Waals surface area contributed by atoms with Crippen molar-refractivity contribution in [2.24, 2.45) is 0 Å². The summed E-state index contributed by atoms with van der Waals surface area (Å²) in [5.41, 5.74) is -0.631. The Morgan fingerprint density at radius 2 is 1.93 bits per heavy atom. The lowest BCUT2D eigenvalue weighted by atomic mass is 10.0. The summed E-state index contributed by atoms with van der Waals surface area (Å²) in [7, 11) is 1.15. The van der Waals surface area contributed by atoms with Crippen LogP contribution in [-0.4, -0.2) is 34.3 Å². The van der Waals surface area contributed by atoms with Gasteiger partial charge in [0.2, 0.25) is 5.88 Å². The van der Waals surface area contributed by atoms with Crippen molar-refractivity contribution in [1.29, 1.82) is 0 Å². The number of hydrogen-bond acceptors (Lipinski definition) is 7. The second kappa shape index (κ2) is 9.26. The van der Waals surface area contributed by atoms with Crippen LogP contribution >= 0.6 is 0 Å². The molecule has 156 valence electrons. The summed E-state index contributed by atoms with van der Waals surface area (Å²) in [5, 5.41) is 9.37.